The van der Waals surface area contributed by atoms with E-state index in [1.807, 2.05) is 20.8 Å². The van der Waals surface area contributed by atoms with Crippen LogP contribution in [0.15, 0.2) is 22.6 Å². The summed E-state index contributed by atoms with van der Waals surface area (Å²) >= 11 is -1.15. The van der Waals surface area contributed by atoms with E-state index < -0.39 is 11.4 Å². The van der Waals surface area contributed by atoms with Crippen LogP contribution in [0.2, 0.25) is 0 Å². The van der Waals surface area contributed by atoms with Crippen LogP contribution in [0.3, 0.4) is 0 Å². The average molecular weight is 249 g/mol. The van der Waals surface area contributed by atoms with E-state index >= 15 is 0 Å². The van der Waals surface area contributed by atoms with Gasteiger partial charge < -0.3 is 4.55 Å². The quantitative estimate of drug-likeness (QED) is 0.704. The molecule has 0 spiro atoms. The van der Waals surface area contributed by atoms with Crippen molar-refractivity contribution in [2.24, 2.45) is 4.40 Å². The molecule has 0 amide bonds. The Morgan fingerprint density at radius 1 is 1.24 bits per heavy atom. The summed E-state index contributed by atoms with van der Waals surface area (Å²) in [6, 6.07) is 6.44. The fourth-order valence-electron chi connectivity index (χ4n) is 1.90. The molecule has 17 heavy (non-hydrogen) atoms. The van der Waals surface area contributed by atoms with Gasteiger partial charge in [-0.05, 0) is 52.2 Å². The summed E-state index contributed by atoms with van der Waals surface area (Å²) in [5.74, 6) is 0. The number of nitrogens with zero attached hydrogens (tertiary/aromatic N) is 1. The first-order chi connectivity index (χ1) is 7.88. The molecule has 0 aromatic heterocycles. The SMILES string of the molecule is Cc1ccc2c(c1)/C(=N/[S@+]([O-])C(C)(C)C)CC2. The van der Waals surface area contributed by atoms with Gasteiger partial charge in [0.1, 0.15) is 16.1 Å². The monoisotopic (exact) mass is 249 g/mol. The molecule has 2 nitrogen and oxygen atoms in total. The first-order valence-electron chi connectivity index (χ1n) is 5.97. The number of hydrogen-bond acceptors (Lipinski definition) is 2. The molecule has 1 aliphatic rings. The maximum absolute atomic E-state index is 12.0. The number of aryl methyl sites for hydroxylation is 2. The van der Waals surface area contributed by atoms with Gasteiger partial charge in [-0.2, -0.15) is 0 Å². The molecule has 0 fully saturated rings. The van der Waals surface area contributed by atoms with Crippen molar-refractivity contribution < 1.29 is 4.55 Å². The van der Waals surface area contributed by atoms with Gasteiger partial charge in [0.15, 0.2) is 0 Å². The molecule has 1 atom stereocenters. The predicted molar refractivity (Wildman–Crippen MR) is 73.9 cm³/mol. The van der Waals surface area contributed by atoms with E-state index in [0.717, 1.165) is 18.6 Å². The fraction of sp³-hybridized carbons (Fsp3) is 0.500. The molecule has 0 unspecified atom stereocenters. The van der Waals surface area contributed by atoms with E-state index in [-0.39, 0.29) is 4.75 Å². The van der Waals surface area contributed by atoms with Crippen molar-refractivity contribution in [2.75, 3.05) is 0 Å². The molecular weight excluding hydrogens is 230 g/mol. The standard InChI is InChI=1S/C14H19NOS/c1-10-5-6-11-7-8-13(12(11)9-10)15-17(16)14(2,3)4/h5-6,9H,7-8H2,1-4H3/b15-13+/t17-/m1/s1. The van der Waals surface area contributed by atoms with Crippen molar-refractivity contribution in [3.05, 3.63) is 34.9 Å². The molecule has 0 bridgehead atoms. The van der Waals surface area contributed by atoms with Crippen molar-refractivity contribution in [1.82, 2.24) is 0 Å². The zero-order valence-corrected chi connectivity index (χ0v) is 11.7. The van der Waals surface area contributed by atoms with Gasteiger partial charge >= 0.3 is 0 Å². The van der Waals surface area contributed by atoms with E-state index in [9.17, 15) is 4.55 Å². The Bertz CT molecular complexity index is 460. The van der Waals surface area contributed by atoms with Crippen molar-refractivity contribution in [2.45, 2.75) is 45.3 Å². The normalized spacial score (nSPS) is 19.5. The minimum absolute atomic E-state index is 0.278. The number of benzene rings is 1. The van der Waals surface area contributed by atoms with Crippen molar-refractivity contribution in [3.63, 3.8) is 0 Å². The van der Waals surface area contributed by atoms with E-state index in [1.165, 1.54) is 16.7 Å². The maximum Gasteiger partial charge on any atom is 0.144 e. The second kappa shape index (κ2) is 4.46. The second-order valence-electron chi connectivity index (χ2n) is 5.56. The van der Waals surface area contributed by atoms with E-state index in [0.29, 0.717) is 0 Å². The van der Waals surface area contributed by atoms with Crippen LogP contribution >= 0.6 is 0 Å². The molecule has 0 saturated heterocycles. The van der Waals surface area contributed by atoms with E-state index in [4.69, 9.17) is 0 Å². The Kier molecular flexibility index (Phi) is 3.32. The highest BCUT2D eigenvalue weighted by Gasteiger charge is 2.29. The molecule has 0 aliphatic heterocycles. The molecule has 2 rings (SSSR count). The molecule has 0 heterocycles. The Morgan fingerprint density at radius 2 is 1.94 bits per heavy atom. The molecule has 3 heteroatoms. The lowest BCUT2D eigenvalue weighted by Gasteiger charge is -2.18. The van der Waals surface area contributed by atoms with E-state index in [2.05, 4.69) is 29.5 Å². The first-order valence-corrected chi connectivity index (χ1v) is 7.08. The maximum atomic E-state index is 12.0. The van der Waals surface area contributed by atoms with Gasteiger partial charge in [-0.15, -0.1) is 0 Å². The number of rotatable bonds is 1. The number of hydrogen-bond donors (Lipinski definition) is 0. The molecule has 1 aromatic carbocycles. The highest BCUT2D eigenvalue weighted by atomic mass is 32.2. The molecule has 0 saturated carbocycles. The zero-order valence-electron chi connectivity index (χ0n) is 10.9. The lowest BCUT2D eigenvalue weighted by atomic mass is 10.1. The smallest absolute Gasteiger partial charge is 0.144 e. The molecule has 0 radical (unpaired) electrons. The average Bonchev–Trinajstić information content (AvgIpc) is 2.60. The summed E-state index contributed by atoms with van der Waals surface area (Å²) in [7, 11) is 0. The Balaban J connectivity index is 2.33. The summed E-state index contributed by atoms with van der Waals surface area (Å²) in [6.45, 7) is 7.95. The van der Waals surface area contributed by atoms with Crippen LogP contribution in [0.1, 0.15) is 43.9 Å². The third kappa shape index (κ3) is 2.72. The van der Waals surface area contributed by atoms with Crippen LogP contribution in [0.4, 0.5) is 0 Å². The Morgan fingerprint density at radius 3 is 2.59 bits per heavy atom. The van der Waals surface area contributed by atoms with Crippen LogP contribution in [0, 0.1) is 6.92 Å². The lowest BCUT2D eigenvalue weighted by molar-refractivity contribution is 0.561. The Labute approximate surface area is 106 Å². The fourth-order valence-corrected chi connectivity index (χ4v) is 2.56. The van der Waals surface area contributed by atoms with Gasteiger partial charge in [0.25, 0.3) is 0 Å². The van der Waals surface area contributed by atoms with Gasteiger partial charge in [-0.1, -0.05) is 22.1 Å². The van der Waals surface area contributed by atoms with Crippen molar-refractivity contribution >= 4 is 17.1 Å². The minimum atomic E-state index is -1.15. The third-order valence-electron chi connectivity index (χ3n) is 2.92. The minimum Gasteiger partial charge on any atom is -0.591 e. The molecule has 92 valence electrons. The van der Waals surface area contributed by atoms with E-state index in [1.54, 1.807) is 0 Å². The molecule has 1 aromatic rings. The third-order valence-corrected chi connectivity index (χ3v) is 4.36. The molecule has 1 aliphatic carbocycles. The first kappa shape index (κ1) is 12.7. The van der Waals surface area contributed by atoms with Crippen molar-refractivity contribution in [1.29, 1.82) is 0 Å². The molecule has 0 N–H and O–H groups in total. The highest BCUT2D eigenvalue weighted by Crippen LogP contribution is 2.26. The van der Waals surface area contributed by atoms with Gasteiger partial charge in [-0.25, -0.2) is 0 Å². The summed E-state index contributed by atoms with van der Waals surface area (Å²) in [4.78, 5) is 0. The van der Waals surface area contributed by atoms with Crippen LogP contribution in [0.25, 0.3) is 0 Å². The van der Waals surface area contributed by atoms with Gasteiger partial charge in [-0.3, -0.25) is 0 Å². The molecular formula is C14H19NOS. The summed E-state index contributed by atoms with van der Waals surface area (Å²) in [6.07, 6.45) is 1.94. The topological polar surface area (TPSA) is 35.4 Å². The van der Waals surface area contributed by atoms with Crippen LogP contribution in [-0.2, 0) is 17.8 Å². The summed E-state index contributed by atoms with van der Waals surface area (Å²) in [5.41, 5.74) is 4.78. The van der Waals surface area contributed by atoms with Crippen molar-refractivity contribution in [3.8, 4) is 0 Å². The Hall–Kier alpha value is -0.800. The predicted octanol–water partition coefficient (Wildman–Crippen LogP) is 3.19. The van der Waals surface area contributed by atoms with Gasteiger partial charge in [0.05, 0.1) is 5.71 Å². The van der Waals surface area contributed by atoms with Crippen LogP contribution in [-0.4, -0.2) is 15.0 Å². The number of fused-ring (bicyclic) bond motifs is 1. The lowest BCUT2D eigenvalue weighted by Crippen LogP contribution is -2.26. The van der Waals surface area contributed by atoms with Gasteiger partial charge in [0, 0.05) is 5.56 Å². The summed E-state index contributed by atoms with van der Waals surface area (Å²) in [5, 5.41) is 0. The zero-order chi connectivity index (χ0) is 12.6. The van der Waals surface area contributed by atoms with Gasteiger partial charge in [0.2, 0.25) is 0 Å². The van der Waals surface area contributed by atoms with Crippen LogP contribution < -0.4 is 0 Å². The highest BCUT2D eigenvalue weighted by molar-refractivity contribution is 7.91. The second-order valence-corrected chi connectivity index (χ2v) is 7.47. The largest absolute Gasteiger partial charge is 0.591 e. The van der Waals surface area contributed by atoms with Crippen LogP contribution in [0.5, 0.6) is 0 Å². The summed E-state index contributed by atoms with van der Waals surface area (Å²) < 4.78 is 16.2.